The standard InChI is InChI=1S/C52H83N3O16P2/c1-3-5-7-9-11-12-13-14-15-16-17-18-19-20-25-29-33-37-48(58)69-44(40-66-47(57)36-32-28-24-22-21-23-27-31-35-43(56)34-30-26-10-8-6-4-2)41-67-72(62,63)71-73(64,65)68-42-45-49(59)50(60)51(70-45)55-39-38-46(53)54-52(55)61/h6,8,11-12,14-15,22-24,26-27,30-31,35,38-39,43-45,49-51,56,59-60H,3-5,7,9-10,13,16-21,25,28-29,32-34,36-37,40-42H2,1-2H3,(H,62,63)(H,64,65)(H2,53,54,61)/b8-6-,12-11-,15-14-,24-22-,27-23-,30-26-,35-31+/t43?,44-,45-,49-,50-,51-/m1/s1. The van der Waals surface area contributed by atoms with Gasteiger partial charge in [-0.2, -0.15) is 9.29 Å². The molecule has 2 heterocycles. The molecule has 412 valence electrons. The van der Waals surface area contributed by atoms with Crippen molar-refractivity contribution in [3.8, 4) is 0 Å². The van der Waals surface area contributed by atoms with E-state index in [2.05, 4.69) is 59.6 Å². The highest BCUT2D eigenvalue weighted by atomic mass is 31.3. The lowest BCUT2D eigenvalue weighted by molar-refractivity contribution is -0.161. The fourth-order valence-electron chi connectivity index (χ4n) is 7.05. The molecule has 1 aliphatic rings. The van der Waals surface area contributed by atoms with Gasteiger partial charge in [-0.25, -0.2) is 13.9 Å². The Morgan fingerprint density at radius 3 is 2.00 bits per heavy atom. The number of phosphoric ester groups is 2. The number of phosphoric acid groups is 2. The molecule has 19 nitrogen and oxygen atoms in total. The van der Waals surface area contributed by atoms with Crippen LogP contribution < -0.4 is 11.4 Å². The minimum atomic E-state index is -5.45. The maximum absolute atomic E-state index is 12.9. The zero-order chi connectivity index (χ0) is 53.6. The third-order valence-electron chi connectivity index (χ3n) is 11.0. The van der Waals surface area contributed by atoms with Gasteiger partial charge in [0.2, 0.25) is 0 Å². The summed E-state index contributed by atoms with van der Waals surface area (Å²) in [5.74, 6) is -1.43. The summed E-state index contributed by atoms with van der Waals surface area (Å²) in [6, 6.07) is 1.24. The second-order valence-electron chi connectivity index (χ2n) is 17.5. The molecule has 3 unspecified atom stereocenters. The first-order chi connectivity index (χ1) is 35.1. The normalized spacial score (nSPS) is 20.1. The number of esters is 2. The molecule has 73 heavy (non-hydrogen) atoms. The van der Waals surface area contributed by atoms with Crippen LogP contribution in [0.1, 0.15) is 155 Å². The van der Waals surface area contributed by atoms with Gasteiger partial charge in [0.15, 0.2) is 12.3 Å². The first-order valence-electron chi connectivity index (χ1n) is 25.7. The molecule has 7 N–H and O–H groups in total. The summed E-state index contributed by atoms with van der Waals surface area (Å²) in [4.78, 5) is 61.9. The van der Waals surface area contributed by atoms with Gasteiger partial charge in [-0.15, -0.1) is 0 Å². The highest BCUT2D eigenvalue weighted by Crippen LogP contribution is 2.60. The Labute approximate surface area is 431 Å². The maximum atomic E-state index is 12.9. The lowest BCUT2D eigenvalue weighted by Crippen LogP contribution is -2.36. The minimum absolute atomic E-state index is 0.0106. The fraction of sp³-hybridized carbons (Fsp3) is 0.615. The summed E-state index contributed by atoms with van der Waals surface area (Å²) < 4.78 is 56.7. The number of aliphatic hydroxyl groups excluding tert-OH is 3. The molecule has 0 aromatic carbocycles. The lowest BCUT2D eigenvalue weighted by Gasteiger charge is -2.21. The van der Waals surface area contributed by atoms with Crippen molar-refractivity contribution in [3.05, 3.63) is 108 Å². The van der Waals surface area contributed by atoms with Gasteiger partial charge in [0.25, 0.3) is 0 Å². The van der Waals surface area contributed by atoms with Crippen LogP contribution in [0.15, 0.2) is 102 Å². The zero-order valence-electron chi connectivity index (χ0n) is 42.8. The van der Waals surface area contributed by atoms with Crippen LogP contribution in [0.25, 0.3) is 0 Å². The summed E-state index contributed by atoms with van der Waals surface area (Å²) >= 11 is 0. The molecule has 0 spiro atoms. The lowest BCUT2D eigenvalue weighted by atomic mass is 10.1. The Morgan fingerprint density at radius 1 is 0.740 bits per heavy atom. The molecule has 8 atom stereocenters. The van der Waals surface area contributed by atoms with Crippen LogP contribution in [0.3, 0.4) is 0 Å². The predicted octanol–water partition coefficient (Wildman–Crippen LogP) is 9.64. The number of aliphatic hydroxyl groups is 3. The Hall–Kier alpha value is -4.10. The van der Waals surface area contributed by atoms with Gasteiger partial charge < -0.3 is 45.1 Å². The highest BCUT2D eigenvalue weighted by Gasteiger charge is 2.46. The van der Waals surface area contributed by atoms with Crippen molar-refractivity contribution in [2.45, 2.75) is 185 Å². The summed E-state index contributed by atoms with van der Waals surface area (Å²) in [5, 5.41) is 31.0. The number of hydrogen-bond acceptors (Lipinski definition) is 16. The summed E-state index contributed by atoms with van der Waals surface area (Å²) in [6.45, 7) is 1.87. The highest BCUT2D eigenvalue weighted by molar-refractivity contribution is 7.61. The molecule has 1 fully saturated rings. The predicted molar refractivity (Wildman–Crippen MR) is 281 cm³/mol. The van der Waals surface area contributed by atoms with E-state index in [1.165, 1.54) is 25.3 Å². The summed E-state index contributed by atoms with van der Waals surface area (Å²) in [5.41, 5.74) is 4.58. The minimum Gasteiger partial charge on any atom is -0.462 e. The number of unbranched alkanes of at least 4 members (excludes halogenated alkanes) is 11. The van der Waals surface area contributed by atoms with E-state index in [1.54, 1.807) is 12.2 Å². The molecule has 1 aromatic rings. The quantitative estimate of drug-likeness (QED) is 0.0117. The first-order valence-corrected chi connectivity index (χ1v) is 28.7. The number of anilines is 1. The molecule has 1 aliphatic heterocycles. The number of nitrogens with zero attached hydrogens (tertiary/aromatic N) is 2. The van der Waals surface area contributed by atoms with E-state index in [1.807, 2.05) is 36.5 Å². The largest absolute Gasteiger partial charge is 0.481 e. The van der Waals surface area contributed by atoms with Crippen LogP contribution in [-0.2, 0) is 46.3 Å². The number of ether oxygens (including phenoxy) is 3. The monoisotopic (exact) mass is 1070 g/mol. The first kappa shape index (κ1) is 65.0. The molecule has 0 radical (unpaired) electrons. The Bertz CT molecular complexity index is 2070. The van der Waals surface area contributed by atoms with Crippen molar-refractivity contribution in [3.63, 3.8) is 0 Å². The molecule has 21 heteroatoms. The van der Waals surface area contributed by atoms with Crippen LogP contribution in [0, 0.1) is 0 Å². The van der Waals surface area contributed by atoms with Crippen LogP contribution in [-0.4, -0.2) is 96.9 Å². The van der Waals surface area contributed by atoms with E-state index in [0.29, 0.717) is 32.1 Å². The number of carbonyl (C=O) groups is 2. The molecule has 0 aliphatic carbocycles. The number of carbonyl (C=O) groups excluding carboxylic acids is 2. The van der Waals surface area contributed by atoms with Crippen molar-refractivity contribution in [1.82, 2.24) is 9.55 Å². The van der Waals surface area contributed by atoms with Gasteiger partial charge in [-0.05, 0) is 83.1 Å². The maximum Gasteiger partial charge on any atom is 0.481 e. The van der Waals surface area contributed by atoms with Crippen molar-refractivity contribution in [2.24, 2.45) is 0 Å². The molecular weight excluding hydrogens is 985 g/mol. The van der Waals surface area contributed by atoms with E-state index >= 15 is 0 Å². The SMILES string of the molecule is CC/C=C\C/C=C\CC(O)/C=C/C=C\C/C=C\CCCC(=O)OC[C@H](COP(=O)(O)OP(=O)(O)OC[C@H]1O[C@@H](n2ccc(N)nc2=O)[C@H](O)[C@@H]1O)OC(=O)CCCCCCCCC/C=C\C/C=C\CCCCC. The van der Waals surface area contributed by atoms with Gasteiger partial charge in [-0.1, -0.05) is 144 Å². The van der Waals surface area contributed by atoms with E-state index in [-0.39, 0.29) is 18.7 Å². The van der Waals surface area contributed by atoms with Crippen molar-refractivity contribution >= 4 is 33.4 Å². The zero-order valence-corrected chi connectivity index (χ0v) is 44.6. The smallest absolute Gasteiger partial charge is 0.462 e. The average molecular weight is 1070 g/mol. The van der Waals surface area contributed by atoms with Crippen molar-refractivity contribution in [1.29, 1.82) is 0 Å². The molecule has 1 saturated heterocycles. The summed E-state index contributed by atoms with van der Waals surface area (Å²) in [6.07, 6.45) is 38.3. The van der Waals surface area contributed by atoms with E-state index in [0.717, 1.165) is 81.4 Å². The molecule has 2 rings (SSSR count). The molecular formula is C52H83N3O16P2. The Balaban J connectivity index is 1.84. The van der Waals surface area contributed by atoms with Gasteiger partial charge in [0, 0.05) is 19.0 Å². The second kappa shape index (κ2) is 39.3. The molecule has 0 saturated carbocycles. The Kier molecular flexibility index (Phi) is 35.0. The fourth-order valence-corrected chi connectivity index (χ4v) is 9.16. The number of nitrogen functional groups attached to an aromatic ring is 1. The summed E-state index contributed by atoms with van der Waals surface area (Å²) in [7, 11) is -10.9. The number of hydrogen-bond donors (Lipinski definition) is 6. The average Bonchev–Trinajstić information content (AvgIpc) is 3.62. The molecule has 0 bridgehead atoms. The molecule has 1 aromatic heterocycles. The number of rotatable bonds is 41. The van der Waals surface area contributed by atoms with Gasteiger partial charge in [0.05, 0.1) is 19.3 Å². The van der Waals surface area contributed by atoms with E-state index in [4.69, 9.17) is 29.0 Å². The Morgan fingerprint density at radius 2 is 1.33 bits per heavy atom. The molecule has 0 amide bonds. The van der Waals surface area contributed by atoms with Crippen LogP contribution in [0.2, 0.25) is 0 Å². The van der Waals surface area contributed by atoms with Gasteiger partial charge >= 0.3 is 33.3 Å². The van der Waals surface area contributed by atoms with Crippen LogP contribution in [0.4, 0.5) is 5.82 Å². The van der Waals surface area contributed by atoms with Gasteiger partial charge in [-0.3, -0.25) is 23.2 Å². The third kappa shape index (κ3) is 32.1. The van der Waals surface area contributed by atoms with Crippen LogP contribution in [0.5, 0.6) is 0 Å². The number of allylic oxidation sites excluding steroid dienone is 12. The third-order valence-corrected chi connectivity index (χ3v) is 13.6. The van der Waals surface area contributed by atoms with Crippen molar-refractivity contribution < 1.29 is 71.4 Å². The number of nitrogens with two attached hydrogens (primary N) is 1. The van der Waals surface area contributed by atoms with E-state index in [9.17, 15) is 48.6 Å². The van der Waals surface area contributed by atoms with Gasteiger partial charge in [0.1, 0.15) is 30.7 Å². The van der Waals surface area contributed by atoms with Crippen molar-refractivity contribution in [2.75, 3.05) is 25.6 Å². The van der Waals surface area contributed by atoms with E-state index < -0.39 is 89.8 Å². The number of aromatic nitrogens is 2. The second-order valence-corrected chi connectivity index (χ2v) is 20.5. The topological polar surface area (TPSA) is 286 Å². The van der Waals surface area contributed by atoms with Crippen LogP contribution >= 0.6 is 15.6 Å².